The Morgan fingerprint density at radius 3 is 2.00 bits per heavy atom. The molecule has 4 nitrogen and oxygen atoms in total. The molecule has 0 unspecified atom stereocenters. The number of nitrogens with zero attached hydrogens (tertiary/aromatic N) is 2. The molecule has 266 valence electrons. The maximum absolute atomic E-state index is 6.73. The monoisotopic (exact) mass is 754 g/mol. The lowest BCUT2D eigenvalue weighted by molar-refractivity contribution is 0.669. The van der Waals surface area contributed by atoms with Crippen LogP contribution in [-0.2, 0) is 0 Å². The van der Waals surface area contributed by atoms with Gasteiger partial charge in [-0.05, 0) is 94.0 Å². The maximum Gasteiger partial charge on any atom is 0.333 e. The van der Waals surface area contributed by atoms with E-state index in [1.54, 1.807) is 0 Å². The summed E-state index contributed by atoms with van der Waals surface area (Å²) in [6.07, 6.45) is 0. The molecule has 0 amide bonds. The third-order valence-electron chi connectivity index (χ3n) is 13.1. The second kappa shape index (κ2) is 10.4. The van der Waals surface area contributed by atoms with Gasteiger partial charge in [0, 0.05) is 80.5 Å². The first-order chi connectivity index (χ1) is 28.7. The van der Waals surface area contributed by atoms with Gasteiger partial charge >= 0.3 is 6.85 Å². The SMILES string of the molecule is c1ccc2cc3c(cc2c1)c1cccc2c1n3B1c3cc4oc5ccccc5c4cc3N(c3ccc4oc5ccccc5c4c3)c3c1c-2cc1sc2ccccc2c31. The lowest BCUT2D eigenvalue weighted by atomic mass is 9.45. The Hall–Kier alpha value is -7.28. The van der Waals surface area contributed by atoms with Gasteiger partial charge in [0.2, 0.25) is 0 Å². The maximum atomic E-state index is 6.73. The molecule has 0 saturated heterocycles. The van der Waals surface area contributed by atoms with Gasteiger partial charge in [-0.3, -0.25) is 0 Å². The van der Waals surface area contributed by atoms with E-state index in [9.17, 15) is 0 Å². The summed E-state index contributed by atoms with van der Waals surface area (Å²) >= 11 is 1.89. The average molecular weight is 755 g/mol. The van der Waals surface area contributed by atoms with Gasteiger partial charge in [-0.25, -0.2) is 0 Å². The van der Waals surface area contributed by atoms with Crippen LogP contribution in [0.25, 0.3) is 108 Å². The quantitative estimate of drug-likeness (QED) is 0.157. The number of furan rings is 2. The van der Waals surface area contributed by atoms with Gasteiger partial charge in [-0.15, -0.1) is 11.3 Å². The predicted octanol–water partition coefficient (Wildman–Crippen LogP) is 13.5. The van der Waals surface area contributed by atoms with E-state index < -0.39 is 0 Å². The zero-order chi connectivity index (χ0) is 37.4. The predicted molar refractivity (Wildman–Crippen MR) is 245 cm³/mol. The fraction of sp³-hybridized carbons (Fsp3) is 0. The van der Waals surface area contributed by atoms with E-state index in [4.69, 9.17) is 8.83 Å². The summed E-state index contributed by atoms with van der Waals surface area (Å²) in [4.78, 5) is 2.57. The van der Waals surface area contributed by atoms with Crippen molar-refractivity contribution in [1.82, 2.24) is 4.48 Å². The van der Waals surface area contributed by atoms with Crippen LogP contribution in [-0.4, -0.2) is 11.3 Å². The Kier molecular flexibility index (Phi) is 5.35. The van der Waals surface area contributed by atoms with Crippen LogP contribution in [0.3, 0.4) is 0 Å². The molecule has 6 heteroatoms. The van der Waals surface area contributed by atoms with Crippen LogP contribution >= 0.6 is 11.3 Å². The van der Waals surface area contributed by atoms with Crippen molar-refractivity contribution in [2.45, 2.75) is 0 Å². The van der Waals surface area contributed by atoms with Gasteiger partial charge in [0.25, 0.3) is 0 Å². The van der Waals surface area contributed by atoms with E-state index in [-0.39, 0.29) is 6.85 Å². The largest absolute Gasteiger partial charge is 0.456 e. The lowest BCUT2D eigenvalue weighted by Gasteiger charge is -2.41. The smallest absolute Gasteiger partial charge is 0.333 e. The minimum atomic E-state index is -0.119. The molecule has 4 aromatic heterocycles. The number of hydrogen-bond donors (Lipinski definition) is 0. The van der Waals surface area contributed by atoms with Crippen molar-refractivity contribution in [1.29, 1.82) is 0 Å². The van der Waals surface area contributed by atoms with E-state index in [0.29, 0.717) is 0 Å². The number of hydrogen-bond acceptors (Lipinski definition) is 4. The number of benzene rings is 9. The fourth-order valence-corrected chi connectivity index (χ4v) is 11.9. The van der Waals surface area contributed by atoms with Crippen molar-refractivity contribution in [3.8, 4) is 11.1 Å². The molecular formula is C52H27BN2O2S. The van der Waals surface area contributed by atoms with E-state index in [2.05, 4.69) is 167 Å². The normalized spacial score (nSPS) is 13.4. The molecule has 0 saturated carbocycles. The number of rotatable bonds is 1. The van der Waals surface area contributed by atoms with Crippen LogP contribution in [0.2, 0.25) is 0 Å². The summed E-state index contributed by atoms with van der Waals surface area (Å²) in [7, 11) is 0. The van der Waals surface area contributed by atoms with Crippen LogP contribution in [0, 0.1) is 0 Å². The first-order valence-electron chi connectivity index (χ1n) is 19.9. The van der Waals surface area contributed by atoms with Crippen LogP contribution in [0.15, 0.2) is 173 Å². The van der Waals surface area contributed by atoms with E-state index in [1.165, 1.54) is 80.5 Å². The van der Waals surface area contributed by atoms with Gasteiger partial charge in [-0.2, -0.15) is 0 Å². The summed E-state index contributed by atoms with van der Waals surface area (Å²) in [5, 5.41) is 12.1. The number of aromatic nitrogens is 1. The van der Waals surface area contributed by atoms with Crippen molar-refractivity contribution in [2.24, 2.45) is 0 Å². The molecule has 0 radical (unpaired) electrons. The van der Waals surface area contributed by atoms with Gasteiger partial charge < -0.3 is 18.2 Å². The molecule has 6 heterocycles. The molecule has 0 atom stereocenters. The highest BCUT2D eigenvalue weighted by Gasteiger charge is 2.44. The fourth-order valence-electron chi connectivity index (χ4n) is 10.7. The zero-order valence-corrected chi connectivity index (χ0v) is 31.6. The first kappa shape index (κ1) is 29.9. The van der Waals surface area contributed by atoms with Gasteiger partial charge in [0.05, 0.1) is 5.69 Å². The van der Waals surface area contributed by atoms with Gasteiger partial charge in [-0.1, -0.05) is 97.1 Å². The first-order valence-corrected chi connectivity index (χ1v) is 20.7. The molecule has 13 aromatic rings. The number of para-hydroxylation sites is 3. The van der Waals surface area contributed by atoms with Crippen LogP contribution < -0.4 is 15.8 Å². The van der Waals surface area contributed by atoms with Crippen molar-refractivity contribution >= 4 is 143 Å². The molecule has 0 aliphatic carbocycles. The molecule has 15 rings (SSSR count). The highest BCUT2D eigenvalue weighted by Crippen LogP contribution is 2.52. The topological polar surface area (TPSA) is 34.5 Å². The van der Waals surface area contributed by atoms with Crippen molar-refractivity contribution in [3.63, 3.8) is 0 Å². The Bertz CT molecular complexity index is 4020. The minimum Gasteiger partial charge on any atom is -0.456 e. The standard InChI is InChI=1S/C52H27BN2O2S/c1-2-11-29-23-41-36(22-28(29)10-1)33-15-9-16-34-39-26-48-49(35-14-5-8-19-47(35)58-48)52-50(39)53(55(41)51(33)34)40-27-46-38(32-13-4-7-18-44(32)57-46)25-42(40)54(52)30-20-21-45-37(24-30)31-12-3-6-17-43(31)56-45/h1-27H. The van der Waals surface area contributed by atoms with E-state index >= 15 is 0 Å². The van der Waals surface area contributed by atoms with Gasteiger partial charge in [0.15, 0.2) is 0 Å². The lowest BCUT2D eigenvalue weighted by Crippen LogP contribution is -2.56. The van der Waals surface area contributed by atoms with E-state index in [0.717, 1.165) is 55.3 Å². The number of anilines is 3. The molecule has 0 bridgehead atoms. The van der Waals surface area contributed by atoms with Crippen molar-refractivity contribution in [3.05, 3.63) is 164 Å². The highest BCUT2D eigenvalue weighted by molar-refractivity contribution is 7.26. The molecular weight excluding hydrogens is 727 g/mol. The second-order valence-electron chi connectivity index (χ2n) is 16.0. The van der Waals surface area contributed by atoms with Crippen LogP contribution in [0.5, 0.6) is 0 Å². The summed E-state index contributed by atoms with van der Waals surface area (Å²) in [5.41, 5.74) is 14.7. The molecule has 2 aliphatic heterocycles. The molecule has 9 aromatic carbocycles. The number of thiophene rings is 1. The average Bonchev–Trinajstić information content (AvgIpc) is 4.02. The van der Waals surface area contributed by atoms with Crippen molar-refractivity contribution < 1.29 is 8.83 Å². The van der Waals surface area contributed by atoms with Crippen molar-refractivity contribution in [2.75, 3.05) is 4.90 Å². The Balaban J connectivity index is 1.17. The van der Waals surface area contributed by atoms with Crippen LogP contribution in [0.4, 0.5) is 17.1 Å². The molecule has 58 heavy (non-hydrogen) atoms. The summed E-state index contributed by atoms with van der Waals surface area (Å²) in [6, 6.07) is 60.3. The summed E-state index contributed by atoms with van der Waals surface area (Å²) < 4.78 is 18.4. The van der Waals surface area contributed by atoms with Crippen LogP contribution in [0.1, 0.15) is 0 Å². The third-order valence-corrected chi connectivity index (χ3v) is 14.2. The molecule has 2 aliphatic rings. The summed E-state index contributed by atoms with van der Waals surface area (Å²) in [5.74, 6) is 0. The zero-order valence-electron chi connectivity index (χ0n) is 30.8. The second-order valence-corrected chi connectivity index (χ2v) is 17.1. The molecule has 0 fully saturated rings. The molecule has 0 spiro atoms. The summed E-state index contributed by atoms with van der Waals surface area (Å²) in [6.45, 7) is -0.119. The Morgan fingerprint density at radius 1 is 0.466 bits per heavy atom. The number of fused-ring (bicyclic) bond motifs is 18. The highest BCUT2D eigenvalue weighted by atomic mass is 32.1. The Labute approximate surface area is 334 Å². The minimum absolute atomic E-state index is 0.119. The van der Waals surface area contributed by atoms with Gasteiger partial charge in [0.1, 0.15) is 22.3 Å². The third kappa shape index (κ3) is 3.59. The Morgan fingerprint density at radius 2 is 1.16 bits per heavy atom. The van der Waals surface area contributed by atoms with E-state index in [1.807, 2.05) is 17.4 Å². The molecule has 0 N–H and O–H groups in total.